The molecule has 9 nitrogen and oxygen atoms in total. The molecule has 5 aliphatic rings. The summed E-state index contributed by atoms with van der Waals surface area (Å²) in [5.74, 6) is 5.03. The lowest BCUT2D eigenvalue weighted by molar-refractivity contribution is -0.134. The molecule has 0 unspecified atom stereocenters. The Labute approximate surface area is 338 Å². The van der Waals surface area contributed by atoms with E-state index in [1.165, 1.54) is 17.7 Å². The number of aliphatic hydroxyl groups is 1. The van der Waals surface area contributed by atoms with Gasteiger partial charge in [0, 0.05) is 53.7 Å². The van der Waals surface area contributed by atoms with Gasteiger partial charge in [-0.15, -0.1) is 0 Å². The van der Waals surface area contributed by atoms with Crippen LogP contribution in [0.15, 0.2) is 60.7 Å². The first-order valence-electron chi connectivity index (χ1n) is 19.8. The Bertz CT molecular complexity index is 2050. The van der Waals surface area contributed by atoms with Crippen molar-refractivity contribution < 1.29 is 33.6 Å². The molecule has 5 heterocycles. The molecule has 6 bridgehead atoms. The van der Waals surface area contributed by atoms with E-state index >= 15 is 0 Å². The molecule has 1 saturated heterocycles. The first kappa shape index (κ1) is 39.0. The van der Waals surface area contributed by atoms with Crippen molar-refractivity contribution in [2.45, 2.75) is 81.7 Å². The molecule has 0 aliphatic carbocycles. The van der Waals surface area contributed by atoms with Gasteiger partial charge in [0.1, 0.15) is 5.75 Å². The van der Waals surface area contributed by atoms with Crippen molar-refractivity contribution in [3.8, 4) is 40.2 Å². The molecule has 11 heteroatoms. The van der Waals surface area contributed by atoms with Gasteiger partial charge in [-0.05, 0) is 129 Å². The standard InChI is InChI=1S/C45H52N2O7S2/c1-46-18-15-30-25-39(50-3)41-26-35(30)36(46)22-29-11-14-38(53-42(49)8-6-5-7-34-17-20-55-56-34)40(23-29)52-33-12-9-28(10-13-33)21-37-43-31(16-19-47(37)2)24-32(27-48)44(51-4)45(43)54-41/h9-14,23-26,34,36-37,48H,5-8,15-22,27H2,1-4H3/t34-,36+,37-/m0/s1. The Morgan fingerprint density at radius 1 is 0.839 bits per heavy atom. The third-order valence-electron chi connectivity index (χ3n) is 11.8. The van der Waals surface area contributed by atoms with Gasteiger partial charge in [-0.3, -0.25) is 14.6 Å². The number of unbranched alkanes of at least 4 members (excludes halogenated alkanes) is 1. The molecule has 0 aromatic heterocycles. The molecule has 5 aliphatic heterocycles. The molecule has 0 radical (unpaired) electrons. The molecular weight excluding hydrogens is 745 g/mol. The van der Waals surface area contributed by atoms with Crippen LogP contribution in [0, 0.1) is 0 Å². The van der Waals surface area contributed by atoms with Crippen LogP contribution in [0.25, 0.3) is 0 Å². The van der Waals surface area contributed by atoms with E-state index in [1.54, 1.807) is 14.2 Å². The van der Waals surface area contributed by atoms with Crippen molar-refractivity contribution in [2.75, 3.05) is 47.2 Å². The highest BCUT2D eigenvalue weighted by atomic mass is 33.1. The Kier molecular flexibility index (Phi) is 12.1. The maximum atomic E-state index is 13.2. The number of carbonyl (C=O) groups is 1. The monoisotopic (exact) mass is 796 g/mol. The van der Waals surface area contributed by atoms with Crippen molar-refractivity contribution in [1.82, 2.24) is 9.80 Å². The van der Waals surface area contributed by atoms with Gasteiger partial charge in [0.15, 0.2) is 34.5 Å². The first-order valence-corrected chi connectivity index (χ1v) is 22.2. The average molecular weight is 797 g/mol. The fourth-order valence-corrected chi connectivity index (χ4v) is 11.7. The van der Waals surface area contributed by atoms with Crippen LogP contribution in [0.5, 0.6) is 40.2 Å². The summed E-state index contributed by atoms with van der Waals surface area (Å²) in [6, 6.07) is 20.5. The Hall–Kier alpha value is -3.87. The second-order valence-electron chi connectivity index (χ2n) is 15.4. The highest BCUT2D eigenvalue weighted by Gasteiger charge is 2.34. The maximum absolute atomic E-state index is 13.2. The number of rotatable bonds is 9. The fraction of sp³-hybridized carbons (Fsp3) is 0.444. The Morgan fingerprint density at radius 3 is 2.34 bits per heavy atom. The SMILES string of the molecule is COc1cc2c3cc1Oc1c(OC)c(CO)cc4c1[C@H](Cc1ccc(cc1)Oc1cc(ccc1OC(=O)CCCC[C@H]1CCSS1)C[C@H]3N(C)CC2)N(C)CC4. The third kappa shape index (κ3) is 8.25. The summed E-state index contributed by atoms with van der Waals surface area (Å²) in [4.78, 5) is 17.9. The zero-order valence-electron chi connectivity index (χ0n) is 32.8. The van der Waals surface area contributed by atoms with Crippen LogP contribution in [0.3, 0.4) is 0 Å². The van der Waals surface area contributed by atoms with Gasteiger partial charge in [-0.1, -0.05) is 46.2 Å². The molecule has 1 N–H and O–H groups in total. The van der Waals surface area contributed by atoms with Crippen molar-refractivity contribution >= 4 is 27.6 Å². The predicted octanol–water partition coefficient (Wildman–Crippen LogP) is 9.26. The van der Waals surface area contributed by atoms with E-state index in [0.717, 1.165) is 73.0 Å². The van der Waals surface area contributed by atoms with Gasteiger partial charge in [0.05, 0.1) is 20.8 Å². The topological polar surface area (TPSA) is 89.9 Å². The number of nitrogens with zero attached hydrogens (tertiary/aromatic N) is 2. The second-order valence-corrected chi connectivity index (χ2v) is 18.2. The predicted molar refractivity (Wildman–Crippen MR) is 223 cm³/mol. The molecule has 56 heavy (non-hydrogen) atoms. The number of ether oxygens (including phenoxy) is 5. The zero-order chi connectivity index (χ0) is 38.8. The van der Waals surface area contributed by atoms with Gasteiger partial charge < -0.3 is 28.8 Å². The average Bonchev–Trinajstić information content (AvgIpc) is 3.73. The normalized spacial score (nSPS) is 20.6. The number of hydrogen-bond donors (Lipinski definition) is 1. The van der Waals surface area contributed by atoms with Crippen molar-refractivity contribution in [1.29, 1.82) is 0 Å². The van der Waals surface area contributed by atoms with E-state index in [-0.39, 0.29) is 24.7 Å². The van der Waals surface area contributed by atoms with Crippen LogP contribution in [0.4, 0.5) is 0 Å². The van der Waals surface area contributed by atoms with Crippen LogP contribution < -0.4 is 23.7 Å². The van der Waals surface area contributed by atoms with Gasteiger partial charge in [0.2, 0.25) is 0 Å². The summed E-state index contributed by atoms with van der Waals surface area (Å²) in [5.41, 5.74) is 7.47. The summed E-state index contributed by atoms with van der Waals surface area (Å²) in [6.07, 6.45) is 7.73. The number of esters is 1. The van der Waals surface area contributed by atoms with Gasteiger partial charge in [-0.2, -0.15) is 0 Å². The fourth-order valence-electron chi connectivity index (χ4n) is 8.65. The third-order valence-corrected chi connectivity index (χ3v) is 14.8. The van der Waals surface area contributed by atoms with Crippen molar-refractivity contribution in [2.24, 2.45) is 0 Å². The minimum absolute atomic E-state index is 0.0259. The first-order chi connectivity index (χ1) is 27.3. The quantitative estimate of drug-likeness (QED) is 0.0761. The molecule has 3 atom stereocenters. The second kappa shape index (κ2) is 17.3. The molecule has 296 valence electrons. The largest absolute Gasteiger partial charge is 0.493 e. The summed E-state index contributed by atoms with van der Waals surface area (Å²) in [5, 5.41) is 11.2. The Morgan fingerprint density at radius 2 is 1.59 bits per heavy atom. The highest BCUT2D eigenvalue weighted by Crippen LogP contribution is 2.50. The van der Waals surface area contributed by atoms with Crippen LogP contribution in [0.1, 0.15) is 83.1 Å². The zero-order valence-corrected chi connectivity index (χ0v) is 34.4. The van der Waals surface area contributed by atoms with Crippen LogP contribution in [0.2, 0.25) is 0 Å². The van der Waals surface area contributed by atoms with E-state index in [0.29, 0.717) is 70.3 Å². The van der Waals surface area contributed by atoms with Gasteiger partial charge in [-0.25, -0.2) is 0 Å². The number of aliphatic hydroxyl groups excluding tert-OH is 1. The number of hydrogen-bond acceptors (Lipinski definition) is 11. The van der Waals surface area contributed by atoms with E-state index in [9.17, 15) is 9.90 Å². The minimum Gasteiger partial charge on any atom is -0.493 e. The molecular formula is C45H52N2O7S2. The molecule has 9 rings (SSSR count). The molecule has 4 aromatic rings. The van der Waals surface area contributed by atoms with Crippen LogP contribution in [-0.2, 0) is 37.1 Å². The Balaban J connectivity index is 1.19. The minimum atomic E-state index is -0.234. The molecule has 0 saturated carbocycles. The molecule has 0 amide bonds. The lowest BCUT2D eigenvalue weighted by atomic mass is 9.86. The summed E-state index contributed by atoms with van der Waals surface area (Å²) >= 11 is 0. The molecule has 4 aromatic carbocycles. The number of carbonyl (C=O) groups excluding carboxylic acids is 1. The van der Waals surface area contributed by atoms with E-state index in [2.05, 4.69) is 54.2 Å². The summed E-state index contributed by atoms with van der Waals surface area (Å²) in [6.45, 7) is 1.59. The van der Waals surface area contributed by atoms with Crippen LogP contribution in [-0.4, -0.2) is 73.3 Å². The lowest BCUT2D eigenvalue weighted by Crippen LogP contribution is -2.34. The van der Waals surface area contributed by atoms with E-state index < -0.39 is 0 Å². The van der Waals surface area contributed by atoms with E-state index in [4.69, 9.17) is 23.7 Å². The van der Waals surface area contributed by atoms with E-state index in [1.807, 2.05) is 51.9 Å². The van der Waals surface area contributed by atoms with Crippen molar-refractivity contribution in [3.05, 3.63) is 99.6 Å². The summed E-state index contributed by atoms with van der Waals surface area (Å²) < 4.78 is 31.7. The highest BCUT2D eigenvalue weighted by molar-refractivity contribution is 8.77. The van der Waals surface area contributed by atoms with Crippen molar-refractivity contribution in [3.63, 3.8) is 0 Å². The summed E-state index contributed by atoms with van der Waals surface area (Å²) in [7, 11) is 11.6. The maximum Gasteiger partial charge on any atom is 0.311 e. The van der Waals surface area contributed by atoms with Gasteiger partial charge >= 0.3 is 5.97 Å². The molecule has 1 fully saturated rings. The number of methoxy groups -OCH3 is 2. The number of benzene rings is 4. The smallest absolute Gasteiger partial charge is 0.311 e. The number of fused-ring (bicyclic) bond motifs is 2. The van der Waals surface area contributed by atoms with Gasteiger partial charge in [0.25, 0.3) is 0 Å². The molecule has 0 spiro atoms. The number of likely N-dealkylation sites (N-methyl/N-ethyl adjacent to an activating group) is 2. The lowest BCUT2D eigenvalue weighted by Gasteiger charge is -2.37. The van der Waals surface area contributed by atoms with Crippen LogP contribution >= 0.6 is 21.6 Å².